The zero-order chi connectivity index (χ0) is 14.5. The standard InChI is InChI=1S/C16H19NO2S/c1-12-10-20-11-14(12)16(19)17(2)15(8-9-18)13-6-4-3-5-7-13/h3-7,10-11,15,18H,8-9H2,1-2H3. The molecule has 1 heterocycles. The van der Waals surface area contributed by atoms with E-state index in [0.717, 1.165) is 16.7 Å². The maximum absolute atomic E-state index is 12.6. The summed E-state index contributed by atoms with van der Waals surface area (Å²) >= 11 is 1.54. The topological polar surface area (TPSA) is 40.5 Å². The number of amides is 1. The predicted molar refractivity (Wildman–Crippen MR) is 82.0 cm³/mol. The van der Waals surface area contributed by atoms with Crippen LogP contribution in [-0.4, -0.2) is 29.6 Å². The number of benzene rings is 1. The quantitative estimate of drug-likeness (QED) is 0.918. The van der Waals surface area contributed by atoms with Crippen molar-refractivity contribution in [2.24, 2.45) is 0 Å². The lowest BCUT2D eigenvalue weighted by molar-refractivity contribution is 0.0705. The van der Waals surface area contributed by atoms with E-state index in [1.54, 1.807) is 11.9 Å². The van der Waals surface area contributed by atoms with Crippen molar-refractivity contribution in [2.75, 3.05) is 13.7 Å². The van der Waals surface area contributed by atoms with Gasteiger partial charge in [0.05, 0.1) is 11.6 Å². The van der Waals surface area contributed by atoms with Gasteiger partial charge < -0.3 is 10.0 Å². The van der Waals surface area contributed by atoms with E-state index in [0.29, 0.717) is 6.42 Å². The molecule has 1 aromatic carbocycles. The first kappa shape index (κ1) is 14.8. The van der Waals surface area contributed by atoms with Crippen molar-refractivity contribution in [3.63, 3.8) is 0 Å². The minimum Gasteiger partial charge on any atom is -0.396 e. The first-order valence-electron chi connectivity index (χ1n) is 6.61. The van der Waals surface area contributed by atoms with Gasteiger partial charge in [0.1, 0.15) is 0 Å². The summed E-state index contributed by atoms with van der Waals surface area (Å²) in [6.45, 7) is 2.00. The molecule has 0 radical (unpaired) electrons. The van der Waals surface area contributed by atoms with Gasteiger partial charge in [0.25, 0.3) is 5.91 Å². The van der Waals surface area contributed by atoms with E-state index in [1.165, 1.54) is 11.3 Å². The fraction of sp³-hybridized carbons (Fsp3) is 0.312. The molecule has 0 bridgehead atoms. The van der Waals surface area contributed by atoms with Crippen molar-refractivity contribution in [2.45, 2.75) is 19.4 Å². The Bertz CT molecular complexity index is 565. The highest BCUT2D eigenvalue weighted by atomic mass is 32.1. The number of carbonyl (C=O) groups is 1. The Kier molecular flexibility index (Phi) is 4.93. The molecule has 1 N–H and O–H groups in total. The molecular formula is C16H19NO2S. The normalized spacial score (nSPS) is 12.2. The molecule has 0 fully saturated rings. The van der Waals surface area contributed by atoms with Crippen molar-refractivity contribution in [3.05, 3.63) is 57.8 Å². The summed E-state index contributed by atoms with van der Waals surface area (Å²) in [7, 11) is 1.80. The minimum atomic E-state index is -0.104. The number of hydrogen-bond donors (Lipinski definition) is 1. The molecule has 3 nitrogen and oxygen atoms in total. The number of aliphatic hydroxyl groups is 1. The second-order valence-electron chi connectivity index (χ2n) is 4.82. The Balaban J connectivity index is 2.26. The number of thiophene rings is 1. The molecule has 20 heavy (non-hydrogen) atoms. The lowest BCUT2D eigenvalue weighted by Crippen LogP contribution is -2.32. The Morgan fingerprint density at radius 2 is 2.00 bits per heavy atom. The van der Waals surface area contributed by atoms with Gasteiger partial charge in [-0.05, 0) is 29.9 Å². The van der Waals surface area contributed by atoms with E-state index in [2.05, 4.69) is 0 Å². The average molecular weight is 289 g/mol. The summed E-state index contributed by atoms with van der Waals surface area (Å²) in [6.07, 6.45) is 0.537. The molecule has 2 aromatic rings. The van der Waals surface area contributed by atoms with Gasteiger partial charge in [-0.2, -0.15) is 11.3 Å². The summed E-state index contributed by atoms with van der Waals surface area (Å²) in [5, 5.41) is 13.1. The van der Waals surface area contributed by atoms with Gasteiger partial charge in [-0.3, -0.25) is 4.79 Å². The molecule has 4 heteroatoms. The molecule has 1 atom stereocenters. The van der Waals surface area contributed by atoms with Gasteiger partial charge >= 0.3 is 0 Å². The maximum Gasteiger partial charge on any atom is 0.255 e. The molecule has 0 aliphatic heterocycles. The third kappa shape index (κ3) is 3.08. The molecular weight excluding hydrogens is 270 g/mol. The Labute approximate surface area is 123 Å². The van der Waals surface area contributed by atoms with Crippen LogP contribution < -0.4 is 0 Å². The number of aryl methyl sites for hydroxylation is 1. The molecule has 106 valence electrons. The fourth-order valence-corrected chi connectivity index (χ4v) is 3.11. The van der Waals surface area contributed by atoms with Crippen molar-refractivity contribution in [1.29, 1.82) is 0 Å². The largest absolute Gasteiger partial charge is 0.396 e. The second-order valence-corrected chi connectivity index (χ2v) is 5.57. The van der Waals surface area contributed by atoms with Crippen LogP contribution in [0.3, 0.4) is 0 Å². The van der Waals surface area contributed by atoms with Gasteiger partial charge in [0.15, 0.2) is 0 Å². The van der Waals surface area contributed by atoms with Gasteiger partial charge in [-0.1, -0.05) is 30.3 Å². The molecule has 1 amide bonds. The number of hydrogen-bond acceptors (Lipinski definition) is 3. The number of carbonyl (C=O) groups excluding carboxylic acids is 1. The zero-order valence-corrected chi connectivity index (χ0v) is 12.6. The third-order valence-corrected chi connectivity index (χ3v) is 4.32. The van der Waals surface area contributed by atoms with Crippen LogP contribution in [0.25, 0.3) is 0 Å². The van der Waals surface area contributed by atoms with Crippen molar-refractivity contribution < 1.29 is 9.90 Å². The van der Waals surface area contributed by atoms with E-state index >= 15 is 0 Å². The third-order valence-electron chi connectivity index (χ3n) is 3.46. The highest BCUT2D eigenvalue weighted by molar-refractivity contribution is 7.08. The number of rotatable bonds is 5. The molecule has 0 saturated heterocycles. The Morgan fingerprint density at radius 1 is 1.30 bits per heavy atom. The predicted octanol–water partition coefficient (Wildman–Crippen LogP) is 3.25. The lowest BCUT2D eigenvalue weighted by atomic mass is 10.0. The first-order valence-corrected chi connectivity index (χ1v) is 7.55. The van der Waals surface area contributed by atoms with E-state index in [1.807, 2.05) is 48.0 Å². The lowest BCUT2D eigenvalue weighted by Gasteiger charge is -2.28. The number of aliphatic hydroxyl groups excluding tert-OH is 1. The SMILES string of the molecule is Cc1cscc1C(=O)N(C)C(CCO)c1ccccc1. The van der Waals surface area contributed by atoms with Crippen LogP contribution in [0.15, 0.2) is 41.1 Å². The second kappa shape index (κ2) is 6.68. The highest BCUT2D eigenvalue weighted by Gasteiger charge is 2.23. The maximum atomic E-state index is 12.6. The van der Waals surface area contributed by atoms with Crippen LogP contribution in [0.4, 0.5) is 0 Å². The van der Waals surface area contributed by atoms with Crippen LogP contribution in [-0.2, 0) is 0 Å². The minimum absolute atomic E-state index is 0.00560. The van der Waals surface area contributed by atoms with Crippen molar-refractivity contribution >= 4 is 17.2 Å². The van der Waals surface area contributed by atoms with Crippen LogP contribution in [0.2, 0.25) is 0 Å². The van der Waals surface area contributed by atoms with E-state index in [4.69, 9.17) is 0 Å². The number of nitrogens with zero attached hydrogens (tertiary/aromatic N) is 1. The summed E-state index contributed by atoms with van der Waals surface area (Å²) in [5.74, 6) is 0.00560. The summed E-state index contributed by atoms with van der Waals surface area (Å²) in [4.78, 5) is 14.3. The van der Waals surface area contributed by atoms with Crippen LogP contribution in [0, 0.1) is 6.92 Å². The molecule has 0 spiro atoms. The smallest absolute Gasteiger partial charge is 0.255 e. The zero-order valence-electron chi connectivity index (χ0n) is 11.7. The van der Waals surface area contributed by atoms with Crippen LogP contribution in [0.1, 0.15) is 33.9 Å². The molecule has 1 aromatic heterocycles. The van der Waals surface area contributed by atoms with E-state index < -0.39 is 0 Å². The molecule has 2 rings (SSSR count). The molecule has 0 saturated carbocycles. The average Bonchev–Trinajstić information content (AvgIpc) is 2.90. The highest BCUT2D eigenvalue weighted by Crippen LogP contribution is 2.26. The molecule has 0 aliphatic rings. The first-order chi connectivity index (χ1) is 9.65. The van der Waals surface area contributed by atoms with Gasteiger partial charge in [0.2, 0.25) is 0 Å². The Hall–Kier alpha value is -1.65. The van der Waals surface area contributed by atoms with Gasteiger partial charge in [0, 0.05) is 19.0 Å². The molecule has 1 unspecified atom stereocenters. The van der Waals surface area contributed by atoms with E-state index in [9.17, 15) is 9.90 Å². The Morgan fingerprint density at radius 3 is 2.55 bits per heavy atom. The van der Waals surface area contributed by atoms with Crippen molar-refractivity contribution in [3.8, 4) is 0 Å². The van der Waals surface area contributed by atoms with Gasteiger partial charge in [-0.15, -0.1) is 0 Å². The fourth-order valence-electron chi connectivity index (χ4n) is 2.29. The van der Waals surface area contributed by atoms with Crippen LogP contribution in [0.5, 0.6) is 0 Å². The summed E-state index contributed by atoms with van der Waals surface area (Å²) < 4.78 is 0. The monoisotopic (exact) mass is 289 g/mol. The van der Waals surface area contributed by atoms with Gasteiger partial charge in [-0.25, -0.2) is 0 Å². The molecule has 0 aliphatic carbocycles. The van der Waals surface area contributed by atoms with E-state index in [-0.39, 0.29) is 18.6 Å². The summed E-state index contributed by atoms with van der Waals surface area (Å²) in [6, 6.07) is 9.73. The van der Waals surface area contributed by atoms with Crippen LogP contribution >= 0.6 is 11.3 Å². The van der Waals surface area contributed by atoms with Crippen molar-refractivity contribution in [1.82, 2.24) is 4.90 Å². The summed E-state index contributed by atoms with van der Waals surface area (Å²) in [5.41, 5.74) is 2.80.